The van der Waals surface area contributed by atoms with E-state index in [1.807, 2.05) is 6.92 Å². The molecule has 1 aromatic rings. The highest BCUT2D eigenvalue weighted by Gasteiger charge is 2.32. The molecule has 1 aliphatic carbocycles. The molecular formula is C13H16ClNO2. The smallest absolute Gasteiger partial charge is 0.227 e. The second-order valence-corrected chi connectivity index (χ2v) is 4.87. The zero-order chi connectivity index (χ0) is 12.4. The molecule has 1 N–H and O–H groups in total. The Balaban J connectivity index is 2.02. The number of carbonyl (C=O) groups is 1. The summed E-state index contributed by atoms with van der Waals surface area (Å²) in [5.41, 5.74) is 0.716. The van der Waals surface area contributed by atoms with Gasteiger partial charge in [-0.15, -0.1) is 0 Å². The lowest BCUT2D eigenvalue weighted by molar-refractivity contribution is -0.119. The summed E-state index contributed by atoms with van der Waals surface area (Å²) in [7, 11) is 1.56. The van der Waals surface area contributed by atoms with Crippen molar-refractivity contribution in [3.8, 4) is 5.75 Å². The van der Waals surface area contributed by atoms with Gasteiger partial charge in [0.2, 0.25) is 5.91 Å². The maximum absolute atomic E-state index is 11.9. The van der Waals surface area contributed by atoms with Gasteiger partial charge >= 0.3 is 0 Å². The summed E-state index contributed by atoms with van der Waals surface area (Å²) in [4.78, 5) is 11.9. The number of rotatable bonds is 4. The molecule has 0 spiro atoms. The first-order chi connectivity index (χ1) is 8.11. The molecule has 0 heterocycles. The van der Waals surface area contributed by atoms with Gasteiger partial charge in [0.15, 0.2) is 0 Å². The van der Waals surface area contributed by atoms with Crippen LogP contribution in [0.3, 0.4) is 0 Å². The average molecular weight is 254 g/mol. The summed E-state index contributed by atoms with van der Waals surface area (Å²) in [6.45, 7) is 1.97. The third kappa shape index (κ3) is 2.91. The van der Waals surface area contributed by atoms with E-state index in [-0.39, 0.29) is 11.8 Å². The molecule has 0 aromatic heterocycles. The van der Waals surface area contributed by atoms with E-state index in [2.05, 4.69) is 5.32 Å². The summed E-state index contributed by atoms with van der Waals surface area (Å²) < 4.78 is 5.06. The zero-order valence-corrected chi connectivity index (χ0v) is 10.8. The van der Waals surface area contributed by atoms with Crippen molar-refractivity contribution in [3.63, 3.8) is 0 Å². The van der Waals surface area contributed by atoms with Gasteiger partial charge in [-0.1, -0.05) is 18.5 Å². The Bertz CT molecular complexity index is 429. The van der Waals surface area contributed by atoms with Crippen molar-refractivity contribution in [1.82, 2.24) is 0 Å². The van der Waals surface area contributed by atoms with Crippen LogP contribution in [0.4, 0.5) is 5.69 Å². The molecule has 0 saturated heterocycles. The third-order valence-corrected chi connectivity index (χ3v) is 3.46. The zero-order valence-electron chi connectivity index (χ0n) is 10.00. The molecule has 0 aliphatic heterocycles. The largest absolute Gasteiger partial charge is 0.495 e. The summed E-state index contributed by atoms with van der Waals surface area (Å²) in [5, 5.41) is 3.38. The van der Waals surface area contributed by atoms with E-state index >= 15 is 0 Å². The van der Waals surface area contributed by atoms with Crippen molar-refractivity contribution in [2.45, 2.75) is 19.8 Å². The quantitative estimate of drug-likeness (QED) is 0.894. The van der Waals surface area contributed by atoms with E-state index in [4.69, 9.17) is 16.3 Å². The molecule has 0 bridgehead atoms. The molecule has 2 rings (SSSR count). The van der Waals surface area contributed by atoms with Crippen LogP contribution in [0.15, 0.2) is 18.2 Å². The number of carbonyl (C=O) groups excluding carboxylic acids is 1. The van der Waals surface area contributed by atoms with Gasteiger partial charge in [0.1, 0.15) is 5.75 Å². The number of benzene rings is 1. The average Bonchev–Trinajstić information content (AvgIpc) is 3.12. The van der Waals surface area contributed by atoms with Gasteiger partial charge in [0, 0.05) is 11.6 Å². The third-order valence-electron chi connectivity index (χ3n) is 3.16. The number of hydrogen-bond acceptors (Lipinski definition) is 2. The Hall–Kier alpha value is -1.22. The van der Waals surface area contributed by atoms with Crippen LogP contribution in [0.25, 0.3) is 0 Å². The lowest BCUT2D eigenvalue weighted by Gasteiger charge is -2.12. The minimum Gasteiger partial charge on any atom is -0.495 e. The van der Waals surface area contributed by atoms with Crippen molar-refractivity contribution in [2.75, 3.05) is 12.4 Å². The van der Waals surface area contributed by atoms with E-state index in [1.54, 1.807) is 25.3 Å². The SMILES string of the molecule is COc1ccc(NC(=O)C(C)C2CC2)cc1Cl. The Morgan fingerprint density at radius 1 is 1.53 bits per heavy atom. The molecule has 1 saturated carbocycles. The number of anilines is 1. The predicted molar refractivity (Wildman–Crippen MR) is 68.5 cm³/mol. The van der Waals surface area contributed by atoms with Gasteiger partial charge in [0.25, 0.3) is 0 Å². The monoisotopic (exact) mass is 253 g/mol. The molecule has 17 heavy (non-hydrogen) atoms. The van der Waals surface area contributed by atoms with Crippen LogP contribution < -0.4 is 10.1 Å². The fourth-order valence-electron chi connectivity index (χ4n) is 1.81. The summed E-state index contributed by atoms with van der Waals surface area (Å²) in [5.74, 6) is 1.31. The molecule has 1 unspecified atom stereocenters. The van der Waals surface area contributed by atoms with Crippen molar-refractivity contribution < 1.29 is 9.53 Å². The molecule has 3 nitrogen and oxygen atoms in total. The Labute approximate surface area is 106 Å². The summed E-state index contributed by atoms with van der Waals surface area (Å²) in [6.07, 6.45) is 2.33. The van der Waals surface area contributed by atoms with Crippen molar-refractivity contribution in [1.29, 1.82) is 0 Å². The van der Waals surface area contributed by atoms with Gasteiger partial charge in [-0.25, -0.2) is 0 Å². The van der Waals surface area contributed by atoms with Gasteiger partial charge < -0.3 is 10.1 Å². The van der Waals surface area contributed by atoms with E-state index in [0.717, 1.165) is 12.8 Å². The van der Waals surface area contributed by atoms with Gasteiger partial charge in [-0.05, 0) is 37.0 Å². The fraction of sp³-hybridized carbons (Fsp3) is 0.462. The van der Waals surface area contributed by atoms with E-state index in [0.29, 0.717) is 22.4 Å². The molecule has 1 aliphatic rings. The van der Waals surface area contributed by atoms with Crippen LogP contribution in [0.5, 0.6) is 5.75 Å². The van der Waals surface area contributed by atoms with Crippen LogP contribution in [-0.4, -0.2) is 13.0 Å². The highest BCUT2D eigenvalue weighted by molar-refractivity contribution is 6.32. The van der Waals surface area contributed by atoms with Gasteiger partial charge in [0.05, 0.1) is 12.1 Å². The number of hydrogen-bond donors (Lipinski definition) is 1. The van der Waals surface area contributed by atoms with Crippen LogP contribution in [0.1, 0.15) is 19.8 Å². The minimum atomic E-state index is 0.0636. The Kier molecular flexibility index (Phi) is 3.57. The van der Waals surface area contributed by atoms with Crippen LogP contribution in [-0.2, 0) is 4.79 Å². The Morgan fingerprint density at radius 3 is 2.76 bits per heavy atom. The fourth-order valence-corrected chi connectivity index (χ4v) is 2.07. The summed E-state index contributed by atoms with van der Waals surface area (Å²) >= 11 is 5.99. The second kappa shape index (κ2) is 4.96. The van der Waals surface area contributed by atoms with Crippen LogP contribution >= 0.6 is 11.6 Å². The van der Waals surface area contributed by atoms with E-state index in [1.165, 1.54) is 0 Å². The molecule has 1 amide bonds. The Morgan fingerprint density at radius 2 is 2.24 bits per heavy atom. The molecule has 1 atom stereocenters. The maximum atomic E-state index is 11.9. The first-order valence-corrected chi connectivity index (χ1v) is 6.14. The van der Waals surface area contributed by atoms with Gasteiger partial charge in [-0.3, -0.25) is 4.79 Å². The summed E-state index contributed by atoms with van der Waals surface area (Å²) in [6, 6.07) is 5.25. The molecular weight excluding hydrogens is 238 g/mol. The highest BCUT2D eigenvalue weighted by Crippen LogP contribution is 2.37. The predicted octanol–water partition coefficient (Wildman–Crippen LogP) is 3.33. The highest BCUT2D eigenvalue weighted by atomic mass is 35.5. The van der Waals surface area contributed by atoms with Crippen molar-refractivity contribution >= 4 is 23.2 Å². The number of nitrogens with one attached hydrogen (secondary N) is 1. The normalized spacial score (nSPS) is 16.4. The molecule has 1 fully saturated rings. The maximum Gasteiger partial charge on any atom is 0.227 e. The molecule has 1 aromatic carbocycles. The van der Waals surface area contributed by atoms with Crippen molar-refractivity contribution in [3.05, 3.63) is 23.2 Å². The van der Waals surface area contributed by atoms with Crippen LogP contribution in [0, 0.1) is 11.8 Å². The second-order valence-electron chi connectivity index (χ2n) is 4.46. The lowest BCUT2D eigenvalue weighted by Crippen LogP contribution is -2.21. The first kappa shape index (κ1) is 12.2. The van der Waals surface area contributed by atoms with Crippen molar-refractivity contribution in [2.24, 2.45) is 11.8 Å². The standard InChI is InChI=1S/C13H16ClNO2/c1-8(9-3-4-9)13(16)15-10-5-6-12(17-2)11(14)7-10/h5-9H,3-4H2,1-2H3,(H,15,16). The topological polar surface area (TPSA) is 38.3 Å². The number of ether oxygens (including phenoxy) is 1. The lowest BCUT2D eigenvalue weighted by atomic mass is 10.1. The van der Waals surface area contributed by atoms with Gasteiger partial charge in [-0.2, -0.15) is 0 Å². The minimum absolute atomic E-state index is 0.0636. The molecule has 4 heteroatoms. The number of amides is 1. The van der Waals surface area contributed by atoms with Crippen LogP contribution in [0.2, 0.25) is 5.02 Å². The molecule has 92 valence electrons. The van der Waals surface area contributed by atoms with E-state index in [9.17, 15) is 4.79 Å². The first-order valence-electron chi connectivity index (χ1n) is 5.76. The van der Waals surface area contributed by atoms with E-state index < -0.39 is 0 Å². The molecule has 0 radical (unpaired) electrons. The number of methoxy groups -OCH3 is 1. The number of halogens is 1.